The minimum Gasteiger partial charge on any atom is -0.344 e. The number of nitrogens with zero attached hydrogens (tertiary/aromatic N) is 2. The first-order valence-corrected chi connectivity index (χ1v) is 6.06. The van der Waals surface area contributed by atoms with E-state index >= 15 is 0 Å². The van der Waals surface area contributed by atoms with Gasteiger partial charge in [-0.3, -0.25) is 9.59 Å². The van der Waals surface area contributed by atoms with Crippen molar-refractivity contribution in [3.63, 3.8) is 0 Å². The van der Waals surface area contributed by atoms with Crippen LogP contribution >= 0.6 is 0 Å². The van der Waals surface area contributed by atoms with Gasteiger partial charge in [0.05, 0.1) is 0 Å². The number of rotatable bonds is 6. The molecule has 0 radical (unpaired) electrons. The van der Waals surface area contributed by atoms with Crippen molar-refractivity contribution in [2.75, 3.05) is 34.2 Å². The number of carbonyl (C=O) groups is 2. The molecule has 0 unspecified atom stereocenters. The summed E-state index contributed by atoms with van der Waals surface area (Å²) in [6.45, 7) is 7.20. The van der Waals surface area contributed by atoms with E-state index in [-0.39, 0.29) is 24.5 Å². The van der Waals surface area contributed by atoms with Crippen molar-refractivity contribution >= 4 is 11.7 Å². The molecule has 18 heavy (non-hydrogen) atoms. The molecule has 0 atom stereocenters. The second kappa shape index (κ2) is 8.25. The van der Waals surface area contributed by atoms with Crippen molar-refractivity contribution in [2.24, 2.45) is 5.41 Å². The van der Waals surface area contributed by atoms with Crippen molar-refractivity contribution < 1.29 is 9.59 Å². The zero-order valence-corrected chi connectivity index (χ0v) is 12.0. The number of hydrogen-bond acceptors (Lipinski definition) is 3. The molecule has 0 heterocycles. The normalized spacial score (nSPS) is 11.1. The first-order chi connectivity index (χ1) is 7.64. The molecule has 0 aromatic heterocycles. The fourth-order valence-corrected chi connectivity index (χ4v) is 1.26. The third kappa shape index (κ3) is 8.23. The predicted molar refractivity (Wildman–Crippen MR) is 76.6 cm³/mol. The van der Waals surface area contributed by atoms with E-state index in [0.29, 0.717) is 19.4 Å². The van der Waals surface area contributed by atoms with Crippen LogP contribution in [0, 0.1) is 5.41 Å². The molecule has 0 aromatic carbocycles. The highest BCUT2D eigenvalue weighted by atomic mass is 16.2. The van der Waals surface area contributed by atoms with E-state index < -0.39 is 0 Å². The van der Waals surface area contributed by atoms with Gasteiger partial charge in [-0.15, -0.1) is 0 Å². The Morgan fingerprint density at radius 2 is 1.44 bits per heavy atom. The van der Waals surface area contributed by atoms with Crippen LogP contribution in [0.4, 0.5) is 0 Å². The van der Waals surface area contributed by atoms with Gasteiger partial charge in [0, 0.05) is 38.4 Å². The lowest BCUT2D eigenvalue weighted by Gasteiger charge is -2.21. The molecule has 1 amide bonds. The number of likely N-dealkylation sites (N-methyl/N-ethyl adjacent to an activating group) is 2. The third-order valence-corrected chi connectivity index (χ3v) is 2.71. The van der Waals surface area contributed by atoms with Crippen LogP contribution < -0.4 is 0 Å². The first kappa shape index (κ1) is 19.4. The summed E-state index contributed by atoms with van der Waals surface area (Å²) in [5.74, 6) is 0.191. The Labute approximate surface area is 112 Å². The van der Waals surface area contributed by atoms with Crippen LogP contribution in [-0.2, 0) is 9.59 Å². The van der Waals surface area contributed by atoms with Crippen LogP contribution in [0.15, 0.2) is 0 Å². The summed E-state index contributed by atoms with van der Waals surface area (Å²) in [6.07, 6.45) is 0.661. The highest BCUT2D eigenvalue weighted by Gasteiger charge is 2.22. The maximum absolute atomic E-state index is 11.7. The fourth-order valence-electron chi connectivity index (χ4n) is 1.26. The first-order valence-electron chi connectivity index (χ1n) is 6.06. The molecule has 0 fully saturated rings. The summed E-state index contributed by atoms with van der Waals surface area (Å²) >= 11 is 0. The van der Waals surface area contributed by atoms with Crippen LogP contribution in [0.1, 0.15) is 41.0 Å². The molecule has 108 valence electrons. The molecule has 0 N–H and O–H groups in total. The Hall–Kier alpha value is -0.900. The average Bonchev–Trinajstić information content (AvgIpc) is 2.20. The molecule has 0 aliphatic carbocycles. The van der Waals surface area contributed by atoms with Crippen molar-refractivity contribution in [3.8, 4) is 0 Å². The smallest absolute Gasteiger partial charge is 0.222 e. The predicted octanol–water partition coefficient (Wildman–Crippen LogP) is 2.04. The van der Waals surface area contributed by atoms with Crippen molar-refractivity contribution in [3.05, 3.63) is 0 Å². The van der Waals surface area contributed by atoms with Gasteiger partial charge in [-0.05, 0) is 14.1 Å². The Bertz CT molecular complexity index is 267. The van der Waals surface area contributed by atoms with Crippen LogP contribution in [0.2, 0.25) is 0 Å². The van der Waals surface area contributed by atoms with Crippen molar-refractivity contribution in [1.29, 1.82) is 0 Å². The van der Waals surface area contributed by atoms with Crippen LogP contribution in [-0.4, -0.2) is 55.7 Å². The molecule has 0 aromatic rings. The van der Waals surface area contributed by atoms with E-state index in [1.54, 1.807) is 11.9 Å². The van der Waals surface area contributed by atoms with Crippen LogP contribution in [0.3, 0.4) is 0 Å². The highest BCUT2D eigenvalue weighted by Crippen LogP contribution is 2.17. The summed E-state index contributed by atoms with van der Waals surface area (Å²) in [4.78, 5) is 27.1. The molecule has 0 aliphatic rings. The second-order valence-electron chi connectivity index (χ2n) is 5.79. The fraction of sp³-hybridized carbons (Fsp3) is 0.857. The third-order valence-electron chi connectivity index (χ3n) is 2.71. The lowest BCUT2D eigenvalue weighted by molar-refractivity contribution is -0.134. The topological polar surface area (TPSA) is 40.6 Å². The van der Waals surface area contributed by atoms with Gasteiger partial charge in [-0.25, -0.2) is 0 Å². The quantitative estimate of drug-likeness (QED) is 0.732. The lowest BCUT2D eigenvalue weighted by Crippen LogP contribution is -2.34. The summed E-state index contributed by atoms with van der Waals surface area (Å²) in [7, 11) is 5.73. The summed E-state index contributed by atoms with van der Waals surface area (Å²) < 4.78 is 0. The van der Waals surface area contributed by atoms with Gasteiger partial charge in [0.1, 0.15) is 5.78 Å². The minimum atomic E-state index is -0.345. The lowest BCUT2D eigenvalue weighted by atomic mass is 9.88. The van der Waals surface area contributed by atoms with Crippen molar-refractivity contribution in [2.45, 2.75) is 41.0 Å². The van der Waals surface area contributed by atoms with E-state index in [9.17, 15) is 9.59 Å². The number of Topliss-reactive ketones (excluding diaryl/α,β-unsaturated/α-hetero) is 1. The Balaban J connectivity index is 0. The van der Waals surface area contributed by atoms with Crippen LogP contribution in [0.25, 0.3) is 0 Å². The van der Waals surface area contributed by atoms with Gasteiger partial charge in [0.2, 0.25) is 5.91 Å². The van der Waals surface area contributed by atoms with E-state index in [4.69, 9.17) is 0 Å². The summed E-state index contributed by atoms with van der Waals surface area (Å²) in [5.41, 5.74) is -0.345. The van der Waals surface area contributed by atoms with Crippen LogP contribution in [0.5, 0.6) is 0 Å². The standard InChI is InChI=1S/C13H26N2O2.CH4/c1-13(2,3)11(16)7-8-12(17)15(6)10-9-14(4)5;/h7-10H2,1-6H3;1H4. The van der Waals surface area contributed by atoms with E-state index in [1.807, 2.05) is 39.8 Å². The molecule has 0 bridgehead atoms. The number of ketones is 1. The molecule has 4 nitrogen and oxygen atoms in total. The number of carbonyl (C=O) groups excluding carboxylic acids is 2. The molecule has 4 heteroatoms. The molecular formula is C14H30N2O2. The number of hydrogen-bond donors (Lipinski definition) is 0. The zero-order chi connectivity index (χ0) is 13.6. The molecule has 0 saturated carbocycles. The molecule has 0 spiro atoms. The largest absolute Gasteiger partial charge is 0.344 e. The van der Waals surface area contributed by atoms with Gasteiger partial charge in [0.15, 0.2) is 0 Å². The SMILES string of the molecule is C.CN(C)CCN(C)C(=O)CCC(=O)C(C)(C)C. The summed E-state index contributed by atoms with van der Waals surface area (Å²) in [6, 6.07) is 0. The maximum Gasteiger partial charge on any atom is 0.222 e. The Morgan fingerprint density at radius 1 is 0.944 bits per heavy atom. The number of amides is 1. The maximum atomic E-state index is 11.7. The second-order valence-corrected chi connectivity index (χ2v) is 5.79. The summed E-state index contributed by atoms with van der Waals surface area (Å²) in [5, 5.41) is 0. The van der Waals surface area contributed by atoms with E-state index in [1.165, 1.54) is 0 Å². The molecule has 0 rings (SSSR count). The molecule has 0 saturated heterocycles. The van der Waals surface area contributed by atoms with Crippen molar-refractivity contribution in [1.82, 2.24) is 9.80 Å². The molecule has 0 aliphatic heterocycles. The van der Waals surface area contributed by atoms with E-state index in [0.717, 1.165) is 6.54 Å². The zero-order valence-electron chi connectivity index (χ0n) is 12.0. The van der Waals surface area contributed by atoms with Gasteiger partial charge >= 0.3 is 0 Å². The minimum absolute atomic E-state index is 0. The van der Waals surface area contributed by atoms with Gasteiger partial charge in [0.25, 0.3) is 0 Å². The highest BCUT2D eigenvalue weighted by molar-refractivity contribution is 5.88. The Kier molecular flexibility index (Phi) is 8.91. The molecular weight excluding hydrogens is 228 g/mol. The van der Waals surface area contributed by atoms with Gasteiger partial charge < -0.3 is 9.80 Å². The average molecular weight is 258 g/mol. The van der Waals surface area contributed by atoms with Gasteiger partial charge in [-0.1, -0.05) is 28.2 Å². The monoisotopic (exact) mass is 258 g/mol. The van der Waals surface area contributed by atoms with E-state index in [2.05, 4.69) is 0 Å². The Morgan fingerprint density at radius 3 is 1.83 bits per heavy atom. The van der Waals surface area contributed by atoms with Gasteiger partial charge in [-0.2, -0.15) is 0 Å².